The molecule has 2 aromatic carbocycles. The first-order chi connectivity index (χ1) is 14.5. The van der Waals surface area contributed by atoms with E-state index in [-0.39, 0.29) is 5.56 Å². The van der Waals surface area contributed by atoms with E-state index in [0.29, 0.717) is 42.4 Å². The van der Waals surface area contributed by atoms with Gasteiger partial charge in [0.2, 0.25) is 4.96 Å². The first-order valence-electron chi connectivity index (χ1n) is 9.02. The molecule has 5 nitrogen and oxygen atoms in total. The highest BCUT2D eigenvalue weighted by molar-refractivity contribution is 7.15. The summed E-state index contributed by atoms with van der Waals surface area (Å²) in [6, 6.07) is 16.6. The quantitative estimate of drug-likeness (QED) is 0.374. The van der Waals surface area contributed by atoms with Gasteiger partial charge in [0, 0.05) is 22.2 Å². The van der Waals surface area contributed by atoms with Crippen LogP contribution in [0.2, 0.25) is 10.0 Å². The van der Waals surface area contributed by atoms with E-state index in [9.17, 15) is 4.79 Å². The molecule has 5 aromatic rings. The van der Waals surface area contributed by atoms with E-state index in [4.69, 9.17) is 27.6 Å². The van der Waals surface area contributed by atoms with Crippen LogP contribution in [-0.4, -0.2) is 14.6 Å². The van der Waals surface area contributed by atoms with Gasteiger partial charge in [-0.05, 0) is 42.8 Å². The Morgan fingerprint density at radius 2 is 1.90 bits per heavy atom. The van der Waals surface area contributed by atoms with Crippen molar-refractivity contribution in [3.8, 4) is 22.7 Å². The molecular formula is C22H13Cl2N3O2S. The van der Waals surface area contributed by atoms with Crippen molar-refractivity contribution in [2.75, 3.05) is 0 Å². The zero-order valence-electron chi connectivity index (χ0n) is 15.6. The lowest BCUT2D eigenvalue weighted by Gasteiger charge is -2.00. The first kappa shape index (κ1) is 19.1. The highest BCUT2D eigenvalue weighted by Crippen LogP contribution is 2.32. The summed E-state index contributed by atoms with van der Waals surface area (Å²) in [4.78, 5) is 17.9. The first-order valence-corrected chi connectivity index (χ1v) is 10.6. The third-order valence-electron chi connectivity index (χ3n) is 4.66. The number of aromatic nitrogens is 3. The van der Waals surface area contributed by atoms with Gasteiger partial charge in [-0.15, -0.1) is 5.10 Å². The molecule has 0 saturated heterocycles. The number of hydrogen-bond acceptors (Lipinski definition) is 5. The summed E-state index contributed by atoms with van der Waals surface area (Å²) >= 11 is 13.6. The summed E-state index contributed by atoms with van der Waals surface area (Å²) in [5.74, 6) is 1.64. The van der Waals surface area contributed by atoms with E-state index in [0.717, 1.165) is 11.1 Å². The van der Waals surface area contributed by atoms with Crippen LogP contribution in [0.15, 0.2) is 63.8 Å². The second kappa shape index (κ2) is 7.40. The normalized spacial score (nSPS) is 12.2. The molecule has 148 valence electrons. The predicted octanol–water partition coefficient (Wildman–Crippen LogP) is 5.24. The highest BCUT2D eigenvalue weighted by Gasteiger charge is 2.14. The van der Waals surface area contributed by atoms with Crippen LogP contribution in [-0.2, 0) is 0 Å². The average molecular weight is 454 g/mol. The maximum Gasteiger partial charge on any atom is 0.291 e. The molecule has 0 saturated carbocycles. The topological polar surface area (TPSA) is 60.4 Å². The van der Waals surface area contributed by atoms with Gasteiger partial charge in [0.15, 0.2) is 5.82 Å². The SMILES string of the molecule is Cc1ccccc1-c1nc2sc(=Cc3ccc(-c4cc(Cl)ccc4Cl)o3)c(=O)n2n1. The molecular weight excluding hydrogens is 441 g/mol. The number of hydrogen-bond donors (Lipinski definition) is 0. The fourth-order valence-electron chi connectivity index (χ4n) is 3.16. The summed E-state index contributed by atoms with van der Waals surface area (Å²) in [5, 5.41) is 5.50. The van der Waals surface area contributed by atoms with Gasteiger partial charge in [0.25, 0.3) is 5.56 Å². The monoisotopic (exact) mass is 453 g/mol. The molecule has 0 aliphatic heterocycles. The van der Waals surface area contributed by atoms with Crippen LogP contribution in [0, 0.1) is 6.92 Å². The van der Waals surface area contributed by atoms with Gasteiger partial charge in [-0.1, -0.05) is 58.8 Å². The van der Waals surface area contributed by atoms with E-state index in [2.05, 4.69) is 10.1 Å². The minimum Gasteiger partial charge on any atom is -0.457 e. The van der Waals surface area contributed by atoms with Crippen molar-refractivity contribution in [1.82, 2.24) is 14.6 Å². The van der Waals surface area contributed by atoms with E-state index >= 15 is 0 Å². The Kier molecular flexibility index (Phi) is 4.70. The van der Waals surface area contributed by atoms with Crippen LogP contribution in [0.5, 0.6) is 0 Å². The Balaban J connectivity index is 1.54. The van der Waals surface area contributed by atoms with E-state index in [1.807, 2.05) is 31.2 Å². The lowest BCUT2D eigenvalue weighted by atomic mass is 10.1. The van der Waals surface area contributed by atoms with Crippen molar-refractivity contribution < 1.29 is 4.42 Å². The summed E-state index contributed by atoms with van der Waals surface area (Å²) in [6.45, 7) is 1.99. The summed E-state index contributed by atoms with van der Waals surface area (Å²) in [6.07, 6.45) is 1.68. The van der Waals surface area contributed by atoms with Crippen molar-refractivity contribution in [2.24, 2.45) is 0 Å². The number of benzene rings is 2. The van der Waals surface area contributed by atoms with Crippen LogP contribution in [0.4, 0.5) is 0 Å². The Labute approximate surface area is 184 Å². The molecule has 0 unspecified atom stereocenters. The zero-order chi connectivity index (χ0) is 20.8. The molecule has 0 bridgehead atoms. The Morgan fingerprint density at radius 3 is 2.70 bits per heavy atom. The fraction of sp³-hybridized carbons (Fsp3) is 0.0455. The predicted molar refractivity (Wildman–Crippen MR) is 120 cm³/mol. The Hall–Kier alpha value is -2.93. The molecule has 3 heterocycles. The standard InChI is InChI=1S/C22H13Cl2N3O2S/c1-12-4-2-3-5-15(12)20-25-22-27(26-20)21(28)19(30-22)11-14-7-9-18(29-14)16-10-13(23)6-8-17(16)24/h2-11H,1H3. The van der Waals surface area contributed by atoms with Crippen molar-refractivity contribution in [3.63, 3.8) is 0 Å². The van der Waals surface area contributed by atoms with E-state index in [1.54, 1.807) is 36.4 Å². The number of aryl methyl sites for hydroxylation is 1. The number of fused-ring (bicyclic) bond motifs is 1. The van der Waals surface area contributed by atoms with Gasteiger partial charge >= 0.3 is 0 Å². The summed E-state index contributed by atoms with van der Waals surface area (Å²) < 4.78 is 7.68. The van der Waals surface area contributed by atoms with E-state index < -0.39 is 0 Å². The molecule has 0 aliphatic carbocycles. The maximum absolute atomic E-state index is 12.8. The minimum absolute atomic E-state index is 0.235. The second-order valence-corrected chi connectivity index (χ2v) is 8.54. The number of halogens is 2. The molecule has 30 heavy (non-hydrogen) atoms. The smallest absolute Gasteiger partial charge is 0.291 e. The molecule has 0 amide bonds. The lowest BCUT2D eigenvalue weighted by Crippen LogP contribution is -2.23. The second-order valence-electron chi connectivity index (χ2n) is 6.69. The fourth-order valence-corrected chi connectivity index (χ4v) is 4.43. The van der Waals surface area contributed by atoms with Crippen LogP contribution < -0.4 is 10.1 Å². The number of rotatable bonds is 3. The number of nitrogens with zero attached hydrogens (tertiary/aromatic N) is 3. The summed E-state index contributed by atoms with van der Waals surface area (Å²) in [7, 11) is 0. The van der Waals surface area contributed by atoms with Gasteiger partial charge in [-0.25, -0.2) is 0 Å². The van der Waals surface area contributed by atoms with Crippen molar-refractivity contribution in [3.05, 3.63) is 90.9 Å². The molecule has 0 aliphatic rings. The number of furan rings is 1. The third-order valence-corrected chi connectivity index (χ3v) is 6.19. The Bertz CT molecular complexity index is 1520. The Morgan fingerprint density at radius 1 is 1.07 bits per heavy atom. The zero-order valence-corrected chi connectivity index (χ0v) is 17.9. The molecule has 0 atom stereocenters. The molecule has 5 rings (SSSR count). The van der Waals surface area contributed by atoms with E-state index in [1.165, 1.54) is 15.9 Å². The van der Waals surface area contributed by atoms with Crippen molar-refractivity contribution in [1.29, 1.82) is 0 Å². The van der Waals surface area contributed by atoms with Gasteiger partial charge in [-0.2, -0.15) is 9.50 Å². The largest absolute Gasteiger partial charge is 0.457 e. The van der Waals surface area contributed by atoms with Gasteiger partial charge < -0.3 is 4.42 Å². The van der Waals surface area contributed by atoms with Crippen LogP contribution in [0.25, 0.3) is 33.7 Å². The average Bonchev–Trinajstić information content (AvgIpc) is 3.42. The van der Waals surface area contributed by atoms with Crippen molar-refractivity contribution >= 4 is 45.6 Å². The maximum atomic E-state index is 12.8. The number of thiazole rings is 1. The molecule has 8 heteroatoms. The van der Waals surface area contributed by atoms with Gasteiger partial charge in [0.05, 0.1) is 5.02 Å². The minimum atomic E-state index is -0.235. The van der Waals surface area contributed by atoms with Crippen LogP contribution in [0.1, 0.15) is 11.3 Å². The van der Waals surface area contributed by atoms with Crippen LogP contribution in [0.3, 0.4) is 0 Å². The molecule has 0 N–H and O–H groups in total. The molecule has 0 radical (unpaired) electrons. The summed E-state index contributed by atoms with van der Waals surface area (Å²) in [5.41, 5.74) is 2.42. The third kappa shape index (κ3) is 3.33. The molecule has 0 fully saturated rings. The van der Waals surface area contributed by atoms with Crippen molar-refractivity contribution in [2.45, 2.75) is 6.92 Å². The molecule has 0 spiro atoms. The highest BCUT2D eigenvalue weighted by atomic mass is 35.5. The molecule has 3 aromatic heterocycles. The van der Waals surface area contributed by atoms with Crippen LogP contribution >= 0.6 is 34.5 Å². The van der Waals surface area contributed by atoms with Gasteiger partial charge in [0.1, 0.15) is 16.1 Å². The van der Waals surface area contributed by atoms with Gasteiger partial charge in [-0.3, -0.25) is 4.79 Å². The lowest BCUT2D eigenvalue weighted by molar-refractivity contribution is 0.571.